The first-order chi connectivity index (χ1) is 14.8. The van der Waals surface area contributed by atoms with Gasteiger partial charge in [0.15, 0.2) is 0 Å². The molecule has 14 heteroatoms. The molecule has 0 amide bonds. The van der Waals surface area contributed by atoms with Crippen LogP contribution in [0.15, 0.2) is 37.2 Å². The molecule has 2 aromatic rings. The summed E-state index contributed by atoms with van der Waals surface area (Å²) in [6, 6.07) is 5.31. The van der Waals surface area contributed by atoms with Gasteiger partial charge in [0.1, 0.15) is 0 Å². The van der Waals surface area contributed by atoms with Gasteiger partial charge in [-0.2, -0.15) is 21.1 Å². The van der Waals surface area contributed by atoms with E-state index in [4.69, 9.17) is 0 Å². The number of hydrogen-bond donors (Lipinski definition) is 2. The molecule has 0 bridgehead atoms. The fourth-order valence-corrected chi connectivity index (χ4v) is 3.88. The molecule has 1 heterocycles. The summed E-state index contributed by atoms with van der Waals surface area (Å²) in [5.41, 5.74) is 2.55. The molecule has 2 N–H and O–H groups in total. The van der Waals surface area contributed by atoms with Gasteiger partial charge in [-0.15, -0.1) is 0 Å². The molecule has 0 spiro atoms. The van der Waals surface area contributed by atoms with Crippen molar-refractivity contribution < 1.29 is 34.8 Å². The third-order valence-electron chi connectivity index (χ3n) is 4.21. The zero-order valence-corrected chi connectivity index (χ0v) is 19.3. The number of rotatable bonds is 10. The molecule has 0 radical (unpaired) electrons. The van der Waals surface area contributed by atoms with Crippen molar-refractivity contribution in [2.75, 3.05) is 27.7 Å². The molecule has 0 saturated heterocycles. The van der Waals surface area contributed by atoms with Gasteiger partial charge in [0, 0.05) is 43.4 Å². The standard InChI is InChI=1S/C18H24N4O8S2/c1-5-20-31(25,26)29-17(23)18(24)30-32(27,28)22(4)12-13-6-7-16-15(10-13)14(11-19-16)8-9-21(2)3/h5-7,10-11,19-20H,1,8-9,12H2,2-4H3. The molecule has 12 nitrogen and oxygen atoms in total. The van der Waals surface area contributed by atoms with Gasteiger partial charge >= 0.3 is 32.5 Å². The van der Waals surface area contributed by atoms with Crippen molar-refractivity contribution >= 4 is 43.4 Å². The second-order valence-corrected chi connectivity index (χ2v) is 9.93. The van der Waals surface area contributed by atoms with E-state index in [1.165, 1.54) is 0 Å². The predicted octanol–water partition coefficient (Wildman–Crippen LogP) is 0.0129. The Bertz CT molecular complexity index is 1220. The maximum atomic E-state index is 12.3. The van der Waals surface area contributed by atoms with Gasteiger partial charge < -0.3 is 18.3 Å². The maximum Gasteiger partial charge on any atom is 0.435 e. The van der Waals surface area contributed by atoms with Crippen molar-refractivity contribution in [3.05, 3.63) is 48.3 Å². The first-order valence-electron chi connectivity index (χ1n) is 9.15. The fourth-order valence-electron chi connectivity index (χ4n) is 2.66. The smallest absolute Gasteiger partial charge is 0.361 e. The number of aromatic amines is 1. The van der Waals surface area contributed by atoms with E-state index in [1.54, 1.807) is 16.9 Å². The zero-order valence-electron chi connectivity index (χ0n) is 17.7. The molecule has 32 heavy (non-hydrogen) atoms. The van der Waals surface area contributed by atoms with Crippen LogP contribution in [0.2, 0.25) is 0 Å². The molecule has 0 atom stereocenters. The van der Waals surface area contributed by atoms with Crippen molar-refractivity contribution in [1.29, 1.82) is 0 Å². The summed E-state index contributed by atoms with van der Waals surface area (Å²) in [5, 5.41) is 0.927. The Hall–Kier alpha value is -2.94. The SMILES string of the molecule is C=CNS(=O)(=O)OC(=O)C(=O)OS(=O)(=O)N(C)Cc1ccc2[nH]cc(CCN(C)C)c2c1. The largest absolute Gasteiger partial charge is 0.435 e. The van der Waals surface area contributed by atoms with Crippen LogP contribution in [0.4, 0.5) is 0 Å². The molecule has 1 aromatic carbocycles. The monoisotopic (exact) mass is 488 g/mol. The Morgan fingerprint density at radius 1 is 1.12 bits per heavy atom. The van der Waals surface area contributed by atoms with Gasteiger partial charge in [0.25, 0.3) is 0 Å². The Kier molecular flexibility index (Phi) is 8.01. The molecular weight excluding hydrogens is 464 g/mol. The van der Waals surface area contributed by atoms with Crippen molar-refractivity contribution in [1.82, 2.24) is 18.9 Å². The van der Waals surface area contributed by atoms with Gasteiger partial charge in [-0.25, -0.2) is 9.59 Å². The van der Waals surface area contributed by atoms with E-state index in [-0.39, 0.29) is 6.54 Å². The molecular formula is C18H24N4O8S2. The van der Waals surface area contributed by atoms with E-state index in [1.807, 2.05) is 31.3 Å². The molecule has 0 aliphatic rings. The molecule has 1 aromatic heterocycles. The summed E-state index contributed by atoms with van der Waals surface area (Å²) in [5.74, 6) is -4.05. The molecule has 0 aliphatic carbocycles. The van der Waals surface area contributed by atoms with Crippen molar-refractivity contribution in [2.45, 2.75) is 13.0 Å². The average Bonchev–Trinajstić information content (AvgIpc) is 3.07. The lowest BCUT2D eigenvalue weighted by Crippen LogP contribution is -2.35. The minimum atomic E-state index is -4.71. The van der Waals surface area contributed by atoms with Gasteiger partial charge in [-0.05, 0) is 43.8 Å². The van der Waals surface area contributed by atoms with Crippen LogP contribution in [0.1, 0.15) is 11.1 Å². The summed E-state index contributed by atoms with van der Waals surface area (Å²) in [4.78, 5) is 28.4. The van der Waals surface area contributed by atoms with E-state index in [9.17, 15) is 26.4 Å². The van der Waals surface area contributed by atoms with E-state index >= 15 is 0 Å². The molecule has 0 fully saturated rings. The average molecular weight is 489 g/mol. The second kappa shape index (κ2) is 10.1. The van der Waals surface area contributed by atoms with E-state index in [2.05, 4.69) is 19.9 Å². The lowest BCUT2D eigenvalue weighted by molar-refractivity contribution is -0.155. The zero-order chi connectivity index (χ0) is 24.1. The Balaban J connectivity index is 2.10. The maximum absolute atomic E-state index is 12.3. The summed E-state index contributed by atoms with van der Waals surface area (Å²) < 4.78 is 57.4. The molecule has 2 rings (SSSR count). The van der Waals surface area contributed by atoms with Crippen LogP contribution in [0.3, 0.4) is 0 Å². The third kappa shape index (κ3) is 6.78. The highest BCUT2D eigenvalue weighted by Gasteiger charge is 2.31. The van der Waals surface area contributed by atoms with E-state index in [0.717, 1.165) is 36.5 Å². The van der Waals surface area contributed by atoms with Crippen molar-refractivity contribution in [2.24, 2.45) is 0 Å². The highest BCUT2D eigenvalue weighted by atomic mass is 32.2. The number of hydrogen-bond acceptors (Lipinski definition) is 9. The summed E-state index contributed by atoms with van der Waals surface area (Å²) >= 11 is 0. The molecule has 0 aliphatic heterocycles. The number of nitrogens with zero attached hydrogens (tertiary/aromatic N) is 2. The highest BCUT2D eigenvalue weighted by molar-refractivity contribution is 7.85. The van der Waals surface area contributed by atoms with Gasteiger partial charge in [0.2, 0.25) is 0 Å². The number of nitrogens with one attached hydrogen (secondary N) is 2. The van der Waals surface area contributed by atoms with E-state index < -0.39 is 32.5 Å². The van der Waals surface area contributed by atoms with Crippen LogP contribution in [-0.4, -0.2) is 70.7 Å². The number of fused-ring (bicyclic) bond motifs is 1. The number of carbonyl (C=O) groups is 2. The number of aromatic nitrogens is 1. The minimum absolute atomic E-state index is 0.171. The normalized spacial score (nSPS) is 12.2. The van der Waals surface area contributed by atoms with Crippen LogP contribution < -0.4 is 4.72 Å². The first-order valence-corrected chi connectivity index (χ1v) is 11.9. The van der Waals surface area contributed by atoms with E-state index in [0.29, 0.717) is 16.1 Å². The lowest BCUT2D eigenvalue weighted by Gasteiger charge is -2.16. The summed E-state index contributed by atoms with van der Waals surface area (Å²) in [6.45, 7) is 3.71. The Morgan fingerprint density at radius 2 is 1.78 bits per heavy atom. The molecule has 176 valence electrons. The van der Waals surface area contributed by atoms with Gasteiger partial charge in [0.05, 0.1) is 0 Å². The number of benzene rings is 1. The highest BCUT2D eigenvalue weighted by Crippen LogP contribution is 2.22. The van der Waals surface area contributed by atoms with Gasteiger partial charge in [-0.3, -0.25) is 4.72 Å². The van der Waals surface area contributed by atoms with Crippen LogP contribution >= 0.6 is 0 Å². The summed E-state index contributed by atoms with van der Waals surface area (Å²) in [6.07, 6.45) is 3.36. The summed E-state index contributed by atoms with van der Waals surface area (Å²) in [7, 11) is -4.31. The number of H-pyrrole nitrogens is 1. The lowest BCUT2D eigenvalue weighted by atomic mass is 10.1. The molecule has 0 unspecified atom stereocenters. The third-order valence-corrected chi connectivity index (χ3v) is 6.29. The van der Waals surface area contributed by atoms with Crippen molar-refractivity contribution in [3.8, 4) is 0 Å². The predicted molar refractivity (Wildman–Crippen MR) is 115 cm³/mol. The quantitative estimate of drug-likeness (QED) is 0.440. The fraction of sp³-hybridized carbons (Fsp3) is 0.333. The minimum Gasteiger partial charge on any atom is -0.361 e. The topological polar surface area (TPSA) is 155 Å². The van der Waals surface area contributed by atoms with Gasteiger partial charge in [-0.1, -0.05) is 12.6 Å². The Labute approximate surface area is 186 Å². The van der Waals surface area contributed by atoms with Crippen LogP contribution in [0.25, 0.3) is 10.9 Å². The van der Waals surface area contributed by atoms with Crippen LogP contribution in [-0.2, 0) is 51.5 Å². The number of carbonyl (C=O) groups excluding carboxylic acids is 2. The van der Waals surface area contributed by atoms with Crippen LogP contribution in [0.5, 0.6) is 0 Å². The number of likely N-dealkylation sites (N-methyl/N-ethyl adjacent to an activating group) is 1. The first kappa shape index (κ1) is 25.3. The second-order valence-electron chi connectivity index (χ2n) is 6.98. The Morgan fingerprint density at radius 3 is 2.41 bits per heavy atom. The van der Waals surface area contributed by atoms with Crippen LogP contribution in [0, 0.1) is 0 Å². The van der Waals surface area contributed by atoms with Crippen molar-refractivity contribution in [3.63, 3.8) is 0 Å². The molecule has 0 saturated carbocycles.